The second-order valence-corrected chi connectivity index (χ2v) is 6.90. The van der Waals surface area contributed by atoms with Gasteiger partial charge >= 0.3 is 0 Å². The van der Waals surface area contributed by atoms with E-state index in [1.54, 1.807) is 0 Å². The SMILES string of the molecule is CC(NCC1CN(c2ccc(C3CC3)nn2)C1)C1CC1. The molecule has 1 atom stereocenters. The lowest BCUT2D eigenvalue weighted by atomic mass is 9.99. The molecule has 4 heteroatoms. The van der Waals surface area contributed by atoms with Gasteiger partial charge in [0.25, 0.3) is 0 Å². The van der Waals surface area contributed by atoms with E-state index in [-0.39, 0.29) is 0 Å². The second-order valence-electron chi connectivity index (χ2n) is 6.90. The van der Waals surface area contributed by atoms with Crippen molar-refractivity contribution in [2.75, 3.05) is 24.5 Å². The molecule has 2 saturated carbocycles. The Morgan fingerprint density at radius 3 is 2.60 bits per heavy atom. The van der Waals surface area contributed by atoms with Crippen molar-refractivity contribution in [2.45, 2.75) is 44.6 Å². The Morgan fingerprint density at radius 1 is 1.20 bits per heavy atom. The Labute approximate surface area is 121 Å². The smallest absolute Gasteiger partial charge is 0.151 e. The van der Waals surface area contributed by atoms with E-state index in [2.05, 4.69) is 39.5 Å². The summed E-state index contributed by atoms with van der Waals surface area (Å²) in [6, 6.07) is 5.03. The Bertz CT molecular complexity index is 458. The molecule has 108 valence electrons. The van der Waals surface area contributed by atoms with Crippen molar-refractivity contribution in [3.8, 4) is 0 Å². The molecule has 2 heterocycles. The summed E-state index contributed by atoms with van der Waals surface area (Å²) in [7, 11) is 0. The van der Waals surface area contributed by atoms with Crippen molar-refractivity contribution < 1.29 is 0 Å². The standard InChI is InChI=1S/C16H24N4/c1-11(13-2-3-13)17-8-12-9-20(10-12)16-7-6-15(18-19-16)14-4-5-14/h6-7,11-14,17H,2-5,8-10H2,1H3. The minimum Gasteiger partial charge on any atom is -0.354 e. The number of nitrogens with one attached hydrogen (secondary N) is 1. The first-order valence-corrected chi connectivity index (χ1v) is 8.11. The fraction of sp³-hybridized carbons (Fsp3) is 0.750. The summed E-state index contributed by atoms with van der Waals surface area (Å²) < 4.78 is 0. The third kappa shape index (κ3) is 2.66. The van der Waals surface area contributed by atoms with Crippen LogP contribution in [-0.4, -0.2) is 35.9 Å². The minimum absolute atomic E-state index is 0.703. The molecule has 2 aliphatic carbocycles. The predicted molar refractivity (Wildman–Crippen MR) is 79.9 cm³/mol. The number of rotatable bonds is 6. The summed E-state index contributed by atoms with van der Waals surface area (Å²) in [4.78, 5) is 2.35. The molecule has 1 aromatic rings. The highest BCUT2D eigenvalue weighted by molar-refractivity contribution is 5.41. The van der Waals surface area contributed by atoms with Gasteiger partial charge in [-0.05, 0) is 50.7 Å². The zero-order chi connectivity index (χ0) is 13.5. The first kappa shape index (κ1) is 12.6. The molecule has 0 radical (unpaired) electrons. The molecule has 0 aromatic carbocycles. The highest BCUT2D eigenvalue weighted by atomic mass is 15.3. The van der Waals surface area contributed by atoms with Crippen LogP contribution < -0.4 is 10.2 Å². The number of aromatic nitrogens is 2. The molecule has 20 heavy (non-hydrogen) atoms. The first-order valence-electron chi connectivity index (χ1n) is 8.11. The van der Waals surface area contributed by atoms with Gasteiger partial charge in [0.1, 0.15) is 0 Å². The molecule has 4 rings (SSSR count). The van der Waals surface area contributed by atoms with E-state index < -0.39 is 0 Å². The van der Waals surface area contributed by atoms with Crippen molar-refractivity contribution in [2.24, 2.45) is 11.8 Å². The van der Waals surface area contributed by atoms with Crippen molar-refractivity contribution >= 4 is 5.82 Å². The van der Waals surface area contributed by atoms with Crippen LogP contribution in [0.25, 0.3) is 0 Å². The number of anilines is 1. The van der Waals surface area contributed by atoms with Crippen LogP contribution in [0.3, 0.4) is 0 Å². The van der Waals surface area contributed by atoms with E-state index in [0.29, 0.717) is 12.0 Å². The highest BCUT2D eigenvalue weighted by Gasteiger charge is 2.32. The summed E-state index contributed by atoms with van der Waals surface area (Å²) >= 11 is 0. The third-order valence-electron chi connectivity index (χ3n) is 5.01. The van der Waals surface area contributed by atoms with Crippen LogP contribution in [0.15, 0.2) is 12.1 Å². The zero-order valence-electron chi connectivity index (χ0n) is 12.3. The molecule has 3 fully saturated rings. The van der Waals surface area contributed by atoms with Gasteiger partial charge in [-0.25, -0.2) is 0 Å². The van der Waals surface area contributed by atoms with E-state index in [1.165, 1.54) is 31.4 Å². The number of nitrogens with zero attached hydrogens (tertiary/aromatic N) is 3. The summed E-state index contributed by atoms with van der Waals surface area (Å²) in [5, 5.41) is 12.4. The first-order chi connectivity index (χ1) is 9.79. The average Bonchev–Trinajstić information content (AvgIpc) is 3.29. The van der Waals surface area contributed by atoms with Gasteiger partial charge in [0.05, 0.1) is 5.69 Å². The molecule has 1 unspecified atom stereocenters. The highest BCUT2D eigenvalue weighted by Crippen LogP contribution is 2.39. The molecular weight excluding hydrogens is 248 g/mol. The molecule has 0 spiro atoms. The Balaban J connectivity index is 1.23. The lowest BCUT2D eigenvalue weighted by Crippen LogP contribution is -2.52. The molecule has 4 nitrogen and oxygen atoms in total. The van der Waals surface area contributed by atoms with E-state index in [1.807, 2.05) is 0 Å². The Kier molecular flexibility index (Phi) is 3.14. The molecule has 0 amide bonds. The van der Waals surface area contributed by atoms with Gasteiger partial charge in [0.15, 0.2) is 5.82 Å². The van der Waals surface area contributed by atoms with E-state index in [0.717, 1.165) is 37.3 Å². The number of hydrogen-bond donors (Lipinski definition) is 1. The molecule has 1 aliphatic heterocycles. The molecular formula is C16H24N4. The summed E-state index contributed by atoms with van der Waals surface area (Å²) in [5.74, 6) is 3.49. The van der Waals surface area contributed by atoms with Crippen LogP contribution in [0.1, 0.15) is 44.2 Å². The lowest BCUT2D eigenvalue weighted by Gasteiger charge is -2.40. The van der Waals surface area contributed by atoms with Crippen LogP contribution in [-0.2, 0) is 0 Å². The summed E-state index contributed by atoms with van der Waals surface area (Å²) in [6.45, 7) is 5.74. The molecule has 1 N–H and O–H groups in total. The Hall–Kier alpha value is -1.16. The monoisotopic (exact) mass is 272 g/mol. The average molecular weight is 272 g/mol. The normalized spacial score (nSPS) is 24.6. The Morgan fingerprint density at radius 2 is 2.00 bits per heavy atom. The maximum absolute atomic E-state index is 4.39. The van der Waals surface area contributed by atoms with Gasteiger partial charge in [-0.1, -0.05) is 0 Å². The summed E-state index contributed by atoms with van der Waals surface area (Å²) in [6.07, 6.45) is 5.44. The zero-order valence-corrected chi connectivity index (χ0v) is 12.3. The number of hydrogen-bond acceptors (Lipinski definition) is 4. The van der Waals surface area contributed by atoms with Crippen molar-refractivity contribution in [1.29, 1.82) is 0 Å². The van der Waals surface area contributed by atoms with E-state index in [4.69, 9.17) is 0 Å². The van der Waals surface area contributed by atoms with Crippen molar-refractivity contribution in [3.63, 3.8) is 0 Å². The van der Waals surface area contributed by atoms with Crippen LogP contribution in [0.4, 0.5) is 5.82 Å². The topological polar surface area (TPSA) is 41.0 Å². The fourth-order valence-electron chi connectivity index (χ4n) is 3.10. The van der Waals surface area contributed by atoms with Crippen LogP contribution >= 0.6 is 0 Å². The quantitative estimate of drug-likeness (QED) is 0.862. The van der Waals surface area contributed by atoms with Crippen LogP contribution in [0, 0.1) is 11.8 Å². The van der Waals surface area contributed by atoms with Gasteiger partial charge in [0, 0.05) is 37.5 Å². The molecule has 1 saturated heterocycles. The largest absolute Gasteiger partial charge is 0.354 e. The van der Waals surface area contributed by atoms with E-state index in [9.17, 15) is 0 Å². The van der Waals surface area contributed by atoms with Gasteiger partial charge in [-0.3, -0.25) is 0 Å². The second kappa shape index (κ2) is 4.99. The van der Waals surface area contributed by atoms with Gasteiger partial charge in [-0.2, -0.15) is 5.10 Å². The maximum Gasteiger partial charge on any atom is 0.151 e. The van der Waals surface area contributed by atoms with Gasteiger partial charge in [-0.15, -0.1) is 5.10 Å². The maximum atomic E-state index is 4.39. The van der Waals surface area contributed by atoms with Crippen molar-refractivity contribution in [1.82, 2.24) is 15.5 Å². The van der Waals surface area contributed by atoms with E-state index >= 15 is 0 Å². The summed E-state index contributed by atoms with van der Waals surface area (Å²) in [5.41, 5.74) is 1.19. The molecule has 3 aliphatic rings. The fourth-order valence-corrected chi connectivity index (χ4v) is 3.10. The lowest BCUT2D eigenvalue weighted by molar-refractivity contribution is 0.354. The van der Waals surface area contributed by atoms with Crippen molar-refractivity contribution in [3.05, 3.63) is 17.8 Å². The predicted octanol–water partition coefficient (Wildman–Crippen LogP) is 2.18. The van der Waals surface area contributed by atoms with Gasteiger partial charge < -0.3 is 10.2 Å². The minimum atomic E-state index is 0.703. The van der Waals surface area contributed by atoms with Gasteiger partial charge in [0.2, 0.25) is 0 Å². The van der Waals surface area contributed by atoms with Crippen LogP contribution in [0.2, 0.25) is 0 Å². The molecule has 0 bridgehead atoms. The van der Waals surface area contributed by atoms with Crippen LogP contribution in [0.5, 0.6) is 0 Å². The third-order valence-corrected chi connectivity index (χ3v) is 5.01. The molecule has 1 aromatic heterocycles.